The summed E-state index contributed by atoms with van der Waals surface area (Å²) in [6.07, 6.45) is 3.14. The van der Waals surface area contributed by atoms with Crippen LogP contribution >= 0.6 is 0 Å². The van der Waals surface area contributed by atoms with Gasteiger partial charge in [-0.15, -0.1) is 0 Å². The molecule has 0 aromatic heterocycles. The minimum atomic E-state index is 0.972. The molecule has 1 rings (SSSR count). The van der Waals surface area contributed by atoms with Crippen LogP contribution in [0.15, 0.2) is 42.5 Å². The third-order valence-corrected chi connectivity index (χ3v) is 2.26. The van der Waals surface area contributed by atoms with Gasteiger partial charge in [-0.25, -0.2) is 0 Å². The van der Waals surface area contributed by atoms with Crippen molar-refractivity contribution >= 4 is 5.57 Å². The van der Waals surface area contributed by atoms with Crippen LogP contribution in [0, 0.1) is 6.92 Å². The molecule has 14 heavy (non-hydrogen) atoms. The maximum atomic E-state index is 3.95. The summed E-state index contributed by atoms with van der Waals surface area (Å²) in [7, 11) is 0. The van der Waals surface area contributed by atoms with E-state index < -0.39 is 0 Å². The van der Waals surface area contributed by atoms with Crippen LogP contribution in [0.3, 0.4) is 0 Å². The van der Waals surface area contributed by atoms with Gasteiger partial charge < -0.3 is 0 Å². The van der Waals surface area contributed by atoms with Gasteiger partial charge in [-0.3, -0.25) is 0 Å². The van der Waals surface area contributed by atoms with Gasteiger partial charge >= 0.3 is 0 Å². The molecule has 0 unspecified atom stereocenters. The summed E-state index contributed by atoms with van der Waals surface area (Å²) in [5.41, 5.74) is 5.18. The van der Waals surface area contributed by atoms with E-state index in [2.05, 4.69) is 57.7 Å². The Bertz CT molecular complexity index is 339. The second-order valence-corrected chi connectivity index (χ2v) is 3.81. The molecule has 0 aliphatic rings. The highest BCUT2D eigenvalue weighted by molar-refractivity contribution is 5.67. The van der Waals surface area contributed by atoms with E-state index in [9.17, 15) is 0 Å². The smallest absolute Gasteiger partial charge is 0.00699 e. The fourth-order valence-corrected chi connectivity index (χ4v) is 1.46. The van der Waals surface area contributed by atoms with Gasteiger partial charge in [-0.05, 0) is 38.3 Å². The molecule has 74 valence electrons. The number of hydrogen-bond acceptors (Lipinski definition) is 0. The maximum Gasteiger partial charge on any atom is -0.00699 e. The van der Waals surface area contributed by atoms with Crippen LogP contribution in [-0.2, 0) is 0 Å². The maximum absolute atomic E-state index is 3.95. The Balaban J connectivity index is 2.91. The van der Waals surface area contributed by atoms with E-state index in [4.69, 9.17) is 0 Å². The molecule has 0 amide bonds. The van der Waals surface area contributed by atoms with E-state index in [1.807, 2.05) is 0 Å². The van der Waals surface area contributed by atoms with E-state index in [0.717, 1.165) is 6.42 Å². The number of rotatable bonds is 3. The molecule has 0 nitrogen and oxygen atoms in total. The Hall–Kier alpha value is -1.30. The standard InChI is InChI=1S/C14H18/c1-5-13(10-11(2)3)14-8-6-12(4)7-9-14/h5-9H,2,10H2,1,3-4H3/b13-5+. The molecule has 0 bridgehead atoms. The van der Waals surface area contributed by atoms with Gasteiger partial charge in [0.25, 0.3) is 0 Å². The predicted molar refractivity (Wildman–Crippen MR) is 64.3 cm³/mol. The lowest BCUT2D eigenvalue weighted by Crippen LogP contribution is -1.85. The molecule has 0 N–H and O–H groups in total. The molecular formula is C14H18. The lowest BCUT2D eigenvalue weighted by Gasteiger charge is -2.07. The normalized spacial score (nSPS) is 11.5. The van der Waals surface area contributed by atoms with E-state index in [-0.39, 0.29) is 0 Å². The SMILES string of the molecule is C=C(C)C/C(=C\C)c1ccc(C)cc1. The van der Waals surface area contributed by atoms with Crippen molar-refractivity contribution in [2.75, 3.05) is 0 Å². The van der Waals surface area contributed by atoms with Crippen molar-refractivity contribution in [3.8, 4) is 0 Å². The quantitative estimate of drug-likeness (QED) is 0.615. The summed E-state index contributed by atoms with van der Waals surface area (Å²) in [5.74, 6) is 0. The zero-order chi connectivity index (χ0) is 10.6. The fraction of sp³-hybridized carbons (Fsp3) is 0.286. The molecule has 1 aromatic carbocycles. The number of hydrogen-bond donors (Lipinski definition) is 0. The third kappa shape index (κ3) is 2.88. The summed E-state index contributed by atoms with van der Waals surface area (Å²) >= 11 is 0. The van der Waals surface area contributed by atoms with Crippen molar-refractivity contribution in [2.24, 2.45) is 0 Å². The van der Waals surface area contributed by atoms with Gasteiger partial charge in [0.1, 0.15) is 0 Å². The lowest BCUT2D eigenvalue weighted by molar-refractivity contribution is 1.23. The van der Waals surface area contributed by atoms with Gasteiger partial charge in [-0.2, -0.15) is 0 Å². The third-order valence-electron chi connectivity index (χ3n) is 2.26. The van der Waals surface area contributed by atoms with Gasteiger partial charge in [0.15, 0.2) is 0 Å². The minimum absolute atomic E-state index is 0.972. The summed E-state index contributed by atoms with van der Waals surface area (Å²) in [6, 6.07) is 8.65. The molecule has 0 radical (unpaired) electrons. The fourth-order valence-electron chi connectivity index (χ4n) is 1.46. The van der Waals surface area contributed by atoms with Gasteiger partial charge in [-0.1, -0.05) is 48.1 Å². The van der Waals surface area contributed by atoms with Crippen molar-refractivity contribution in [3.63, 3.8) is 0 Å². The van der Waals surface area contributed by atoms with Crippen LogP contribution in [0.5, 0.6) is 0 Å². The molecule has 1 aromatic rings. The molecule has 0 atom stereocenters. The average Bonchev–Trinajstić information content (AvgIpc) is 2.15. The van der Waals surface area contributed by atoms with Crippen molar-refractivity contribution < 1.29 is 0 Å². The molecule has 0 spiro atoms. The zero-order valence-corrected chi connectivity index (χ0v) is 9.30. The molecular weight excluding hydrogens is 168 g/mol. The minimum Gasteiger partial charge on any atom is -0.0998 e. The van der Waals surface area contributed by atoms with Crippen LogP contribution in [0.2, 0.25) is 0 Å². The Kier molecular flexibility index (Phi) is 3.70. The molecule has 0 aliphatic heterocycles. The summed E-state index contributed by atoms with van der Waals surface area (Å²) in [6.45, 7) is 10.2. The first kappa shape index (κ1) is 10.8. The Morgan fingerprint density at radius 3 is 2.29 bits per heavy atom. The first-order valence-electron chi connectivity index (χ1n) is 5.00. The van der Waals surface area contributed by atoms with Crippen LogP contribution < -0.4 is 0 Å². The zero-order valence-electron chi connectivity index (χ0n) is 9.30. The first-order valence-corrected chi connectivity index (χ1v) is 5.00. The Labute approximate surface area is 87.0 Å². The molecule has 0 heterocycles. The monoisotopic (exact) mass is 186 g/mol. The van der Waals surface area contributed by atoms with Crippen molar-refractivity contribution in [1.29, 1.82) is 0 Å². The Morgan fingerprint density at radius 1 is 1.29 bits per heavy atom. The largest absolute Gasteiger partial charge is 0.0998 e. The number of aryl methyl sites for hydroxylation is 1. The molecule has 0 saturated heterocycles. The number of benzene rings is 1. The van der Waals surface area contributed by atoms with Crippen LogP contribution in [0.1, 0.15) is 31.4 Å². The Morgan fingerprint density at radius 2 is 1.86 bits per heavy atom. The van der Waals surface area contributed by atoms with Crippen LogP contribution in [-0.4, -0.2) is 0 Å². The van der Waals surface area contributed by atoms with E-state index in [1.165, 1.54) is 22.3 Å². The second kappa shape index (κ2) is 4.80. The van der Waals surface area contributed by atoms with Gasteiger partial charge in [0.2, 0.25) is 0 Å². The van der Waals surface area contributed by atoms with Crippen molar-refractivity contribution in [3.05, 3.63) is 53.6 Å². The van der Waals surface area contributed by atoms with Crippen molar-refractivity contribution in [2.45, 2.75) is 27.2 Å². The summed E-state index contributed by atoms with van der Waals surface area (Å²) in [5, 5.41) is 0. The van der Waals surface area contributed by atoms with Gasteiger partial charge in [0, 0.05) is 0 Å². The van der Waals surface area contributed by atoms with Crippen LogP contribution in [0.25, 0.3) is 5.57 Å². The van der Waals surface area contributed by atoms with Crippen molar-refractivity contribution in [1.82, 2.24) is 0 Å². The molecule has 0 fully saturated rings. The lowest BCUT2D eigenvalue weighted by atomic mass is 9.98. The topological polar surface area (TPSA) is 0 Å². The molecule has 0 saturated carbocycles. The summed E-state index contributed by atoms with van der Waals surface area (Å²) < 4.78 is 0. The summed E-state index contributed by atoms with van der Waals surface area (Å²) in [4.78, 5) is 0. The van der Waals surface area contributed by atoms with E-state index >= 15 is 0 Å². The second-order valence-electron chi connectivity index (χ2n) is 3.81. The van der Waals surface area contributed by atoms with E-state index in [0.29, 0.717) is 0 Å². The van der Waals surface area contributed by atoms with E-state index in [1.54, 1.807) is 0 Å². The van der Waals surface area contributed by atoms with Crippen LogP contribution in [0.4, 0.5) is 0 Å². The highest BCUT2D eigenvalue weighted by Crippen LogP contribution is 2.21. The average molecular weight is 186 g/mol. The molecule has 0 heteroatoms. The first-order chi connectivity index (χ1) is 6.63. The number of allylic oxidation sites excluding steroid dienone is 3. The highest BCUT2D eigenvalue weighted by Gasteiger charge is 1.99. The molecule has 0 aliphatic carbocycles. The predicted octanol–water partition coefficient (Wildman–Crippen LogP) is 4.36. The highest BCUT2D eigenvalue weighted by atomic mass is 14.0. The van der Waals surface area contributed by atoms with Gasteiger partial charge in [0.05, 0.1) is 0 Å².